The fourth-order valence-corrected chi connectivity index (χ4v) is 2.56. The average molecular weight is 320 g/mol. The van der Waals surface area contributed by atoms with Gasteiger partial charge in [-0.2, -0.15) is 0 Å². The van der Waals surface area contributed by atoms with Crippen LogP contribution in [0.5, 0.6) is 0 Å². The van der Waals surface area contributed by atoms with Crippen molar-refractivity contribution in [1.82, 2.24) is 10.2 Å². The highest BCUT2D eigenvalue weighted by molar-refractivity contribution is 5.87. The third-order valence-electron chi connectivity index (χ3n) is 4.20. The van der Waals surface area contributed by atoms with Crippen LogP contribution in [0.25, 0.3) is 0 Å². The topological polar surface area (TPSA) is 75.4 Å². The number of nitrogens with two attached hydrogens (primary N) is 1. The molecule has 0 aromatic rings. The maximum atomic E-state index is 12.1. The van der Waals surface area contributed by atoms with Crippen LogP contribution in [0.4, 0.5) is 0 Å². The molecule has 0 unspecified atom stereocenters. The normalized spacial score (nSPS) is 17.6. The first kappa shape index (κ1) is 20.2. The number of carbonyl (C=O) groups is 2. The summed E-state index contributed by atoms with van der Waals surface area (Å²) in [6.45, 7) is 3.83. The van der Waals surface area contributed by atoms with Gasteiger partial charge in [-0.25, -0.2) is 0 Å². The van der Waals surface area contributed by atoms with Crippen LogP contribution in [0.2, 0.25) is 0 Å². The fraction of sp³-hybridized carbons (Fsp3) is 0.867. The molecule has 124 valence electrons. The minimum atomic E-state index is -0.550. The molecule has 1 aliphatic rings. The maximum Gasteiger partial charge on any atom is 0.241 e. The SMILES string of the molecule is CC(C)[C@H](N)C(=O)NCC(=O)N(C)C1CCCCCC1.Cl. The van der Waals surface area contributed by atoms with E-state index < -0.39 is 6.04 Å². The summed E-state index contributed by atoms with van der Waals surface area (Å²) in [5.74, 6) is -0.200. The second kappa shape index (κ2) is 10.0. The standard InChI is InChI=1S/C15H29N3O2.ClH/c1-11(2)14(16)15(20)17-10-13(19)18(3)12-8-6-4-5-7-9-12;/h11-12,14H,4-10,16H2,1-3H3,(H,17,20);1H/t14-;/m0./s1. The van der Waals surface area contributed by atoms with Crippen LogP contribution in [0.15, 0.2) is 0 Å². The third kappa shape index (κ3) is 6.66. The van der Waals surface area contributed by atoms with E-state index in [4.69, 9.17) is 5.73 Å². The molecule has 1 saturated carbocycles. The van der Waals surface area contributed by atoms with E-state index in [0.717, 1.165) is 12.8 Å². The summed E-state index contributed by atoms with van der Waals surface area (Å²) in [4.78, 5) is 25.7. The number of rotatable bonds is 5. The van der Waals surface area contributed by atoms with E-state index in [9.17, 15) is 9.59 Å². The molecule has 6 heteroatoms. The molecule has 0 aromatic carbocycles. The van der Waals surface area contributed by atoms with Gasteiger partial charge < -0.3 is 16.0 Å². The van der Waals surface area contributed by atoms with Crippen LogP contribution in [0, 0.1) is 5.92 Å². The Morgan fingerprint density at radius 3 is 2.19 bits per heavy atom. The lowest BCUT2D eigenvalue weighted by atomic mass is 10.1. The largest absolute Gasteiger partial charge is 0.346 e. The summed E-state index contributed by atoms with van der Waals surface area (Å²) in [6, 6.07) is -0.230. The summed E-state index contributed by atoms with van der Waals surface area (Å²) >= 11 is 0. The van der Waals surface area contributed by atoms with Crippen LogP contribution in [0.3, 0.4) is 0 Å². The van der Waals surface area contributed by atoms with E-state index in [0.29, 0.717) is 6.04 Å². The summed E-state index contributed by atoms with van der Waals surface area (Å²) in [5, 5.41) is 2.64. The number of nitrogens with zero attached hydrogens (tertiary/aromatic N) is 1. The van der Waals surface area contributed by atoms with Crippen molar-refractivity contribution in [2.45, 2.75) is 64.5 Å². The van der Waals surface area contributed by atoms with Gasteiger partial charge in [-0.15, -0.1) is 12.4 Å². The number of hydrogen-bond donors (Lipinski definition) is 2. The van der Waals surface area contributed by atoms with Gasteiger partial charge in [0.15, 0.2) is 0 Å². The molecule has 5 nitrogen and oxygen atoms in total. The number of carbonyl (C=O) groups excluding carboxylic acids is 2. The zero-order valence-corrected chi connectivity index (χ0v) is 14.2. The molecule has 1 aliphatic carbocycles. The van der Waals surface area contributed by atoms with Crippen molar-refractivity contribution in [3.63, 3.8) is 0 Å². The molecular weight excluding hydrogens is 290 g/mol. The Bertz CT molecular complexity index is 329. The predicted octanol–water partition coefficient (Wildman–Crippen LogP) is 1.69. The predicted molar refractivity (Wildman–Crippen MR) is 87.3 cm³/mol. The number of likely N-dealkylation sites (N-methyl/N-ethyl adjacent to an activating group) is 1. The van der Waals surface area contributed by atoms with Crippen LogP contribution in [0.1, 0.15) is 52.4 Å². The highest BCUT2D eigenvalue weighted by Gasteiger charge is 2.23. The molecule has 0 bridgehead atoms. The van der Waals surface area contributed by atoms with Gasteiger partial charge in [0.2, 0.25) is 11.8 Å². The molecule has 1 rings (SSSR count). The minimum absolute atomic E-state index is 0. The Balaban J connectivity index is 0.00000400. The molecule has 0 saturated heterocycles. The van der Waals surface area contributed by atoms with Gasteiger partial charge in [0.1, 0.15) is 0 Å². The first-order chi connectivity index (χ1) is 9.43. The maximum absolute atomic E-state index is 12.1. The van der Waals surface area contributed by atoms with E-state index in [1.807, 2.05) is 20.9 Å². The quantitative estimate of drug-likeness (QED) is 0.757. The van der Waals surface area contributed by atoms with Gasteiger partial charge in [0.05, 0.1) is 12.6 Å². The van der Waals surface area contributed by atoms with Crippen molar-refractivity contribution in [2.24, 2.45) is 11.7 Å². The monoisotopic (exact) mass is 319 g/mol. The molecule has 1 fully saturated rings. The smallest absolute Gasteiger partial charge is 0.241 e. The van der Waals surface area contributed by atoms with Crippen LogP contribution in [-0.2, 0) is 9.59 Å². The van der Waals surface area contributed by atoms with Crippen molar-refractivity contribution < 1.29 is 9.59 Å². The number of halogens is 1. The van der Waals surface area contributed by atoms with Crippen LogP contribution >= 0.6 is 12.4 Å². The lowest BCUT2D eigenvalue weighted by Crippen LogP contribution is -2.48. The molecular formula is C15H30ClN3O2. The molecule has 0 radical (unpaired) electrons. The Morgan fingerprint density at radius 1 is 1.19 bits per heavy atom. The van der Waals surface area contributed by atoms with Gasteiger partial charge in [-0.05, 0) is 18.8 Å². The molecule has 0 heterocycles. The molecule has 0 spiro atoms. The van der Waals surface area contributed by atoms with Gasteiger partial charge in [-0.1, -0.05) is 39.5 Å². The Morgan fingerprint density at radius 2 is 1.71 bits per heavy atom. The van der Waals surface area contributed by atoms with Crippen molar-refractivity contribution >= 4 is 24.2 Å². The lowest BCUT2D eigenvalue weighted by molar-refractivity contribution is -0.134. The summed E-state index contributed by atoms with van der Waals surface area (Å²) in [6.07, 6.45) is 7.04. The summed E-state index contributed by atoms with van der Waals surface area (Å²) < 4.78 is 0. The first-order valence-corrected chi connectivity index (χ1v) is 7.72. The second-order valence-corrected chi connectivity index (χ2v) is 6.14. The molecule has 0 aliphatic heterocycles. The first-order valence-electron chi connectivity index (χ1n) is 7.72. The number of nitrogens with one attached hydrogen (secondary N) is 1. The van der Waals surface area contributed by atoms with Gasteiger partial charge in [0.25, 0.3) is 0 Å². The number of amides is 2. The van der Waals surface area contributed by atoms with E-state index in [2.05, 4.69) is 5.32 Å². The summed E-state index contributed by atoms with van der Waals surface area (Å²) in [7, 11) is 1.84. The fourth-order valence-electron chi connectivity index (χ4n) is 2.56. The lowest BCUT2D eigenvalue weighted by Gasteiger charge is -2.27. The Labute approximate surface area is 134 Å². The summed E-state index contributed by atoms with van der Waals surface area (Å²) in [5.41, 5.74) is 5.75. The second-order valence-electron chi connectivity index (χ2n) is 6.14. The Kier molecular flexibility index (Phi) is 9.62. The van der Waals surface area contributed by atoms with E-state index in [-0.39, 0.29) is 36.7 Å². The number of hydrogen-bond acceptors (Lipinski definition) is 3. The van der Waals surface area contributed by atoms with Crippen molar-refractivity contribution in [2.75, 3.05) is 13.6 Å². The molecule has 21 heavy (non-hydrogen) atoms. The molecule has 3 N–H and O–H groups in total. The molecule has 2 amide bonds. The van der Waals surface area contributed by atoms with Crippen LogP contribution < -0.4 is 11.1 Å². The highest BCUT2D eigenvalue weighted by Crippen LogP contribution is 2.20. The van der Waals surface area contributed by atoms with Gasteiger partial charge >= 0.3 is 0 Å². The highest BCUT2D eigenvalue weighted by atomic mass is 35.5. The van der Waals surface area contributed by atoms with Crippen LogP contribution in [-0.4, -0.2) is 42.4 Å². The average Bonchev–Trinajstić information content (AvgIpc) is 2.71. The van der Waals surface area contributed by atoms with E-state index in [1.165, 1.54) is 25.7 Å². The van der Waals surface area contributed by atoms with E-state index >= 15 is 0 Å². The zero-order chi connectivity index (χ0) is 15.1. The minimum Gasteiger partial charge on any atom is -0.346 e. The van der Waals surface area contributed by atoms with Gasteiger partial charge in [0, 0.05) is 13.1 Å². The van der Waals surface area contributed by atoms with Gasteiger partial charge in [-0.3, -0.25) is 9.59 Å². The Hall–Kier alpha value is -0.810. The third-order valence-corrected chi connectivity index (χ3v) is 4.20. The van der Waals surface area contributed by atoms with E-state index in [1.54, 1.807) is 4.90 Å². The van der Waals surface area contributed by atoms with Crippen molar-refractivity contribution in [3.8, 4) is 0 Å². The zero-order valence-electron chi connectivity index (χ0n) is 13.4. The molecule has 1 atom stereocenters. The molecule has 0 aromatic heterocycles. The van der Waals surface area contributed by atoms with Crippen molar-refractivity contribution in [1.29, 1.82) is 0 Å². The van der Waals surface area contributed by atoms with Crippen molar-refractivity contribution in [3.05, 3.63) is 0 Å².